The summed E-state index contributed by atoms with van der Waals surface area (Å²) in [6.07, 6.45) is 0. The van der Waals surface area contributed by atoms with Gasteiger partial charge in [0.25, 0.3) is 0 Å². The second-order valence-corrected chi connectivity index (χ2v) is 6.07. The summed E-state index contributed by atoms with van der Waals surface area (Å²) < 4.78 is 5.77. The molecule has 16 heavy (non-hydrogen) atoms. The Morgan fingerprint density at radius 3 is 2.62 bits per heavy atom. The summed E-state index contributed by atoms with van der Waals surface area (Å²) in [4.78, 5) is 2.51. The summed E-state index contributed by atoms with van der Waals surface area (Å²) in [5.41, 5.74) is -0.00845. The van der Waals surface area contributed by atoms with Crippen molar-refractivity contribution in [2.75, 3.05) is 32.8 Å². The van der Waals surface area contributed by atoms with E-state index in [-0.39, 0.29) is 5.60 Å². The molecule has 0 radical (unpaired) electrons. The highest BCUT2D eigenvalue weighted by atomic mass is 16.5. The van der Waals surface area contributed by atoms with E-state index >= 15 is 0 Å². The molecule has 1 atom stereocenters. The minimum absolute atomic E-state index is 0.00845. The van der Waals surface area contributed by atoms with Crippen LogP contribution in [0.5, 0.6) is 0 Å². The van der Waals surface area contributed by atoms with Crippen LogP contribution in [0.15, 0.2) is 0 Å². The van der Waals surface area contributed by atoms with Crippen molar-refractivity contribution in [1.29, 1.82) is 0 Å². The molecule has 1 aliphatic rings. The van der Waals surface area contributed by atoms with E-state index in [9.17, 15) is 0 Å². The van der Waals surface area contributed by atoms with Crippen molar-refractivity contribution in [2.45, 2.75) is 46.3 Å². The molecule has 1 fully saturated rings. The topological polar surface area (TPSA) is 24.5 Å². The molecule has 1 unspecified atom stereocenters. The third-order valence-electron chi connectivity index (χ3n) is 3.04. The first-order valence-corrected chi connectivity index (χ1v) is 6.48. The van der Waals surface area contributed by atoms with Crippen molar-refractivity contribution in [2.24, 2.45) is 5.92 Å². The molecule has 3 nitrogen and oxygen atoms in total. The molecule has 0 aromatic carbocycles. The average molecular weight is 228 g/mol. The second kappa shape index (κ2) is 5.99. The van der Waals surface area contributed by atoms with E-state index in [1.807, 2.05) is 0 Å². The number of hydrogen-bond donors (Lipinski definition) is 1. The van der Waals surface area contributed by atoms with Gasteiger partial charge in [-0.05, 0) is 26.7 Å². The first-order valence-electron chi connectivity index (χ1n) is 6.48. The maximum atomic E-state index is 5.77. The highest BCUT2D eigenvalue weighted by molar-refractivity contribution is 4.80. The zero-order valence-corrected chi connectivity index (χ0v) is 11.5. The van der Waals surface area contributed by atoms with Crippen LogP contribution in [-0.2, 0) is 4.74 Å². The number of hydrogen-bond acceptors (Lipinski definition) is 3. The highest BCUT2D eigenvalue weighted by Gasteiger charge is 2.21. The first kappa shape index (κ1) is 13.9. The van der Waals surface area contributed by atoms with E-state index in [0.717, 1.165) is 32.8 Å². The molecule has 0 spiro atoms. The molecule has 1 rings (SSSR count). The van der Waals surface area contributed by atoms with Crippen LogP contribution in [0, 0.1) is 5.92 Å². The molecule has 96 valence electrons. The van der Waals surface area contributed by atoms with Crippen molar-refractivity contribution in [1.82, 2.24) is 10.2 Å². The SMILES string of the molecule is CC(C)C1CN(CCOC(C)(C)C)CCN1. The van der Waals surface area contributed by atoms with E-state index in [4.69, 9.17) is 4.74 Å². The van der Waals surface area contributed by atoms with Crippen LogP contribution in [0.25, 0.3) is 0 Å². The fraction of sp³-hybridized carbons (Fsp3) is 1.00. The lowest BCUT2D eigenvalue weighted by atomic mass is 10.0. The van der Waals surface area contributed by atoms with Gasteiger partial charge in [-0.15, -0.1) is 0 Å². The van der Waals surface area contributed by atoms with Crippen LogP contribution in [-0.4, -0.2) is 49.3 Å². The summed E-state index contributed by atoms with van der Waals surface area (Å²) in [6, 6.07) is 0.642. The highest BCUT2D eigenvalue weighted by Crippen LogP contribution is 2.09. The van der Waals surface area contributed by atoms with Gasteiger partial charge in [-0.2, -0.15) is 0 Å². The first-order chi connectivity index (χ1) is 7.38. The molecule has 1 N–H and O–H groups in total. The van der Waals surface area contributed by atoms with Crippen LogP contribution in [0.4, 0.5) is 0 Å². The van der Waals surface area contributed by atoms with Crippen LogP contribution in [0.3, 0.4) is 0 Å². The van der Waals surface area contributed by atoms with Crippen LogP contribution < -0.4 is 5.32 Å². The predicted molar refractivity (Wildman–Crippen MR) is 68.8 cm³/mol. The number of rotatable bonds is 4. The molecule has 1 heterocycles. The largest absolute Gasteiger partial charge is 0.375 e. The van der Waals surface area contributed by atoms with E-state index in [1.165, 1.54) is 0 Å². The third kappa shape index (κ3) is 5.28. The van der Waals surface area contributed by atoms with Gasteiger partial charge in [0.2, 0.25) is 0 Å². The number of nitrogens with one attached hydrogen (secondary N) is 1. The van der Waals surface area contributed by atoms with Crippen molar-refractivity contribution in [3.05, 3.63) is 0 Å². The molecule has 1 aliphatic heterocycles. The standard InChI is InChI=1S/C13H28N2O/c1-11(2)12-10-15(7-6-14-12)8-9-16-13(3,4)5/h11-12,14H,6-10H2,1-5H3. The summed E-state index contributed by atoms with van der Waals surface area (Å²) in [5, 5.41) is 3.57. The lowest BCUT2D eigenvalue weighted by Crippen LogP contribution is -2.53. The molecule has 0 aromatic rings. The lowest BCUT2D eigenvalue weighted by molar-refractivity contribution is -0.0163. The Balaban J connectivity index is 2.22. The molecule has 0 amide bonds. The second-order valence-electron chi connectivity index (χ2n) is 6.07. The van der Waals surface area contributed by atoms with Crippen molar-refractivity contribution < 1.29 is 4.74 Å². The quantitative estimate of drug-likeness (QED) is 0.793. The summed E-state index contributed by atoms with van der Waals surface area (Å²) in [6.45, 7) is 16.2. The molecule has 0 bridgehead atoms. The molecule has 0 aliphatic carbocycles. The van der Waals surface area contributed by atoms with Crippen LogP contribution in [0.2, 0.25) is 0 Å². The van der Waals surface area contributed by atoms with Crippen molar-refractivity contribution >= 4 is 0 Å². The van der Waals surface area contributed by atoms with Gasteiger partial charge in [0.15, 0.2) is 0 Å². The molecule has 0 aromatic heterocycles. The Morgan fingerprint density at radius 1 is 1.38 bits per heavy atom. The van der Waals surface area contributed by atoms with Gasteiger partial charge in [-0.3, -0.25) is 4.90 Å². The van der Waals surface area contributed by atoms with E-state index < -0.39 is 0 Å². The lowest BCUT2D eigenvalue weighted by Gasteiger charge is -2.36. The van der Waals surface area contributed by atoms with Gasteiger partial charge in [-0.1, -0.05) is 13.8 Å². The average Bonchev–Trinajstić information content (AvgIpc) is 2.16. The van der Waals surface area contributed by atoms with Gasteiger partial charge in [0, 0.05) is 32.2 Å². The number of piperazine rings is 1. The Hall–Kier alpha value is -0.120. The fourth-order valence-corrected chi connectivity index (χ4v) is 1.97. The smallest absolute Gasteiger partial charge is 0.0600 e. The Labute approximate surface area is 101 Å². The fourth-order valence-electron chi connectivity index (χ4n) is 1.97. The van der Waals surface area contributed by atoms with E-state index in [2.05, 4.69) is 44.8 Å². The van der Waals surface area contributed by atoms with E-state index in [1.54, 1.807) is 0 Å². The number of nitrogens with zero attached hydrogens (tertiary/aromatic N) is 1. The predicted octanol–water partition coefficient (Wildman–Crippen LogP) is 1.73. The Morgan fingerprint density at radius 2 is 2.06 bits per heavy atom. The van der Waals surface area contributed by atoms with Gasteiger partial charge in [0.1, 0.15) is 0 Å². The molecular formula is C13H28N2O. The van der Waals surface area contributed by atoms with Gasteiger partial charge < -0.3 is 10.1 Å². The van der Waals surface area contributed by atoms with Gasteiger partial charge >= 0.3 is 0 Å². The normalized spacial score (nSPS) is 24.0. The zero-order chi connectivity index (χ0) is 12.2. The summed E-state index contributed by atoms with van der Waals surface area (Å²) in [7, 11) is 0. The summed E-state index contributed by atoms with van der Waals surface area (Å²) in [5.74, 6) is 0.714. The number of ether oxygens (including phenoxy) is 1. The van der Waals surface area contributed by atoms with Crippen LogP contribution >= 0.6 is 0 Å². The van der Waals surface area contributed by atoms with E-state index in [0.29, 0.717) is 12.0 Å². The minimum atomic E-state index is -0.00845. The Kier molecular flexibility index (Phi) is 5.22. The Bertz CT molecular complexity index is 199. The van der Waals surface area contributed by atoms with Crippen molar-refractivity contribution in [3.63, 3.8) is 0 Å². The van der Waals surface area contributed by atoms with Gasteiger partial charge in [-0.25, -0.2) is 0 Å². The zero-order valence-electron chi connectivity index (χ0n) is 11.5. The van der Waals surface area contributed by atoms with Gasteiger partial charge in [0.05, 0.1) is 12.2 Å². The third-order valence-corrected chi connectivity index (χ3v) is 3.04. The minimum Gasteiger partial charge on any atom is -0.375 e. The summed E-state index contributed by atoms with van der Waals surface area (Å²) >= 11 is 0. The van der Waals surface area contributed by atoms with Crippen molar-refractivity contribution in [3.8, 4) is 0 Å². The molecular weight excluding hydrogens is 200 g/mol. The maximum absolute atomic E-state index is 5.77. The molecule has 3 heteroatoms. The molecule has 0 saturated carbocycles. The maximum Gasteiger partial charge on any atom is 0.0600 e. The molecule has 1 saturated heterocycles. The monoisotopic (exact) mass is 228 g/mol. The van der Waals surface area contributed by atoms with Crippen LogP contribution in [0.1, 0.15) is 34.6 Å².